The second kappa shape index (κ2) is 5.84. The number of benzene rings is 4. The molecule has 4 aromatic carbocycles. The van der Waals surface area contributed by atoms with Crippen LogP contribution in [0.3, 0.4) is 0 Å². The number of hydrogen-bond donors (Lipinski definition) is 0. The summed E-state index contributed by atoms with van der Waals surface area (Å²) < 4.78 is 19.3. The number of hydrogen-bond acceptors (Lipinski definition) is 4. The van der Waals surface area contributed by atoms with Gasteiger partial charge in [-0.05, 0) is 0 Å². The van der Waals surface area contributed by atoms with Gasteiger partial charge in [0.25, 0.3) is 0 Å². The standard InChI is InChI=1S/C25H19O4P/c1-2-23(26)27-15-16-30(21-13-5-9-17-7-3-11-19(28-30)24(17)21)22-14-6-10-18-8-4-12-20(29-30)25(18)22/h2-14H,1,15-16H2. The van der Waals surface area contributed by atoms with Crippen molar-refractivity contribution in [1.29, 1.82) is 0 Å². The number of ether oxygens (including phenoxy) is 1. The molecule has 148 valence electrons. The van der Waals surface area contributed by atoms with Crippen LogP contribution in [0.25, 0.3) is 21.5 Å². The van der Waals surface area contributed by atoms with Gasteiger partial charge >= 0.3 is 173 Å². The molecule has 2 aliphatic rings. The molecule has 0 N–H and O–H groups in total. The van der Waals surface area contributed by atoms with E-state index >= 15 is 0 Å². The molecule has 0 saturated heterocycles. The van der Waals surface area contributed by atoms with Gasteiger partial charge in [0.05, 0.1) is 0 Å². The average Bonchev–Trinajstić information content (AvgIpc) is 3.22. The summed E-state index contributed by atoms with van der Waals surface area (Å²) in [4.78, 5) is 11.8. The van der Waals surface area contributed by atoms with Crippen LogP contribution < -0.4 is 19.7 Å². The Morgan fingerprint density at radius 3 is 1.83 bits per heavy atom. The van der Waals surface area contributed by atoms with Crippen molar-refractivity contribution in [2.24, 2.45) is 0 Å². The number of carbonyl (C=O) groups is 1. The van der Waals surface area contributed by atoms with Gasteiger partial charge in [-0.2, -0.15) is 0 Å². The molecule has 2 heterocycles. The van der Waals surface area contributed by atoms with Crippen molar-refractivity contribution < 1.29 is 18.6 Å². The number of rotatable bonds is 4. The predicted octanol–water partition coefficient (Wildman–Crippen LogP) is 4.84. The zero-order valence-electron chi connectivity index (χ0n) is 16.2. The summed E-state index contributed by atoms with van der Waals surface area (Å²) >= 11 is 0. The van der Waals surface area contributed by atoms with Crippen molar-refractivity contribution in [3.8, 4) is 11.5 Å². The first-order valence-corrected chi connectivity index (χ1v) is 12.2. The second-order valence-electron chi connectivity index (χ2n) is 7.67. The molecule has 4 nitrogen and oxygen atoms in total. The minimum atomic E-state index is -3.63. The number of esters is 1. The molecule has 0 aromatic heterocycles. The molecule has 0 saturated carbocycles. The third-order valence-electron chi connectivity index (χ3n) is 6.16. The first-order valence-electron chi connectivity index (χ1n) is 9.91. The van der Waals surface area contributed by atoms with Crippen LogP contribution in [0, 0.1) is 0 Å². The summed E-state index contributed by atoms with van der Waals surface area (Å²) in [5.74, 6) is 1.19. The first kappa shape index (κ1) is 17.5. The molecule has 6 rings (SSSR count). The molecule has 0 atom stereocenters. The van der Waals surface area contributed by atoms with Crippen LogP contribution in [-0.2, 0) is 9.53 Å². The molecule has 4 aromatic rings. The van der Waals surface area contributed by atoms with Gasteiger partial charge in [0, 0.05) is 0 Å². The van der Waals surface area contributed by atoms with E-state index in [1.54, 1.807) is 0 Å². The monoisotopic (exact) mass is 414 g/mol. The van der Waals surface area contributed by atoms with Gasteiger partial charge < -0.3 is 0 Å². The predicted molar refractivity (Wildman–Crippen MR) is 121 cm³/mol. The van der Waals surface area contributed by atoms with Crippen molar-refractivity contribution in [3.05, 3.63) is 85.5 Å². The summed E-state index contributed by atoms with van der Waals surface area (Å²) in [5, 5.41) is 6.51. The fourth-order valence-electron chi connectivity index (χ4n) is 4.95. The summed E-state index contributed by atoms with van der Waals surface area (Å²) in [6.07, 6.45) is 1.62. The molecule has 0 fully saturated rings. The van der Waals surface area contributed by atoms with Crippen LogP contribution in [0.1, 0.15) is 0 Å². The van der Waals surface area contributed by atoms with Crippen molar-refractivity contribution in [1.82, 2.24) is 0 Å². The summed E-state index contributed by atoms with van der Waals surface area (Å²) in [7, 11) is -3.63. The van der Waals surface area contributed by atoms with E-state index in [0.717, 1.165) is 43.7 Å². The molecular weight excluding hydrogens is 395 g/mol. The third-order valence-corrected chi connectivity index (χ3v) is 11.0. The van der Waals surface area contributed by atoms with E-state index in [1.165, 1.54) is 6.08 Å². The Hall–Kier alpha value is -3.36. The van der Waals surface area contributed by atoms with Gasteiger partial charge in [0.1, 0.15) is 0 Å². The Morgan fingerprint density at radius 2 is 1.33 bits per heavy atom. The Kier molecular flexibility index (Phi) is 3.40. The molecule has 0 unspecified atom stereocenters. The van der Waals surface area contributed by atoms with Gasteiger partial charge in [0.15, 0.2) is 0 Å². The SMILES string of the molecule is C=CC(=O)OCCP12(Oc3cccc4cccc1c34)Oc1cccc3cccc2c13. The second-order valence-corrected chi connectivity index (χ2v) is 11.7. The van der Waals surface area contributed by atoms with E-state index in [9.17, 15) is 4.79 Å². The van der Waals surface area contributed by atoms with Gasteiger partial charge in [-0.1, -0.05) is 0 Å². The Morgan fingerprint density at radius 1 is 0.833 bits per heavy atom. The topological polar surface area (TPSA) is 44.8 Å². The molecular formula is C25H19O4P. The third kappa shape index (κ3) is 2.02. The zero-order valence-corrected chi connectivity index (χ0v) is 17.1. The Labute approximate surface area is 173 Å². The van der Waals surface area contributed by atoms with Crippen molar-refractivity contribution in [2.75, 3.05) is 12.8 Å². The van der Waals surface area contributed by atoms with Gasteiger partial charge in [0.2, 0.25) is 0 Å². The average molecular weight is 414 g/mol. The maximum absolute atomic E-state index is 11.8. The Bertz CT molecular complexity index is 1290. The first-order chi connectivity index (χ1) is 14.6. The van der Waals surface area contributed by atoms with Crippen LogP contribution in [0.5, 0.6) is 11.5 Å². The van der Waals surface area contributed by atoms with E-state index in [1.807, 2.05) is 36.4 Å². The van der Waals surface area contributed by atoms with Crippen LogP contribution in [0.4, 0.5) is 0 Å². The maximum atomic E-state index is 11.8. The fraction of sp³-hybridized carbons (Fsp3) is 0.0800. The van der Waals surface area contributed by atoms with Crippen LogP contribution >= 0.6 is 7.06 Å². The van der Waals surface area contributed by atoms with Crippen LogP contribution in [0.2, 0.25) is 0 Å². The van der Waals surface area contributed by atoms with Gasteiger partial charge in [-0.15, -0.1) is 0 Å². The summed E-state index contributed by atoms with van der Waals surface area (Å²) in [6.45, 7) is 3.68. The van der Waals surface area contributed by atoms with E-state index in [4.69, 9.17) is 13.8 Å². The van der Waals surface area contributed by atoms with Crippen LogP contribution in [-0.4, -0.2) is 18.7 Å². The van der Waals surface area contributed by atoms with E-state index < -0.39 is 13.0 Å². The molecule has 0 bridgehead atoms. The molecule has 0 radical (unpaired) electrons. The molecule has 2 aliphatic heterocycles. The summed E-state index contributed by atoms with van der Waals surface area (Å²) in [6, 6.07) is 24.7. The molecule has 0 aliphatic carbocycles. The van der Waals surface area contributed by atoms with Crippen LogP contribution in [0.15, 0.2) is 85.5 Å². The van der Waals surface area contributed by atoms with E-state index in [-0.39, 0.29) is 6.61 Å². The minimum absolute atomic E-state index is 0.178. The van der Waals surface area contributed by atoms with Crippen molar-refractivity contribution >= 4 is 45.2 Å². The molecule has 5 heteroatoms. The summed E-state index contributed by atoms with van der Waals surface area (Å²) in [5.41, 5.74) is 0. The van der Waals surface area contributed by atoms with Crippen molar-refractivity contribution in [3.63, 3.8) is 0 Å². The normalized spacial score (nSPS) is 17.8. The van der Waals surface area contributed by atoms with E-state index in [2.05, 4.69) is 43.0 Å². The van der Waals surface area contributed by atoms with Gasteiger partial charge in [-0.3, -0.25) is 0 Å². The number of fused-ring (bicyclic) bond motifs is 2. The van der Waals surface area contributed by atoms with E-state index in [0.29, 0.717) is 6.16 Å². The molecule has 1 spiro atoms. The molecule has 0 amide bonds. The van der Waals surface area contributed by atoms with Gasteiger partial charge in [-0.25, -0.2) is 0 Å². The van der Waals surface area contributed by atoms with Crippen molar-refractivity contribution in [2.45, 2.75) is 0 Å². The zero-order chi connectivity index (χ0) is 20.4. The fourth-order valence-corrected chi connectivity index (χ4v) is 10.0. The Balaban J connectivity index is 1.66. The quantitative estimate of drug-likeness (QED) is 0.272. The molecule has 30 heavy (non-hydrogen) atoms. The number of carbonyl (C=O) groups excluding carboxylic acids is 1.